The SMILES string of the molecule is Cc1ccc(Oc2cccc(C(N)=S)n2)c(Br)c1. The molecular formula is C13H11BrN2OS. The highest BCUT2D eigenvalue weighted by Gasteiger charge is 2.05. The highest BCUT2D eigenvalue weighted by molar-refractivity contribution is 9.10. The van der Waals surface area contributed by atoms with Crippen molar-refractivity contribution in [3.63, 3.8) is 0 Å². The number of nitrogens with two attached hydrogens (primary N) is 1. The van der Waals surface area contributed by atoms with E-state index in [4.69, 9.17) is 22.7 Å². The second-order valence-corrected chi connectivity index (χ2v) is 5.06. The van der Waals surface area contributed by atoms with Crippen LogP contribution >= 0.6 is 28.1 Å². The summed E-state index contributed by atoms with van der Waals surface area (Å²) in [5.41, 5.74) is 7.23. The summed E-state index contributed by atoms with van der Waals surface area (Å²) in [5.74, 6) is 1.16. The van der Waals surface area contributed by atoms with Crippen LogP contribution in [0.25, 0.3) is 0 Å². The smallest absolute Gasteiger partial charge is 0.219 e. The summed E-state index contributed by atoms with van der Waals surface area (Å²) >= 11 is 8.33. The van der Waals surface area contributed by atoms with Gasteiger partial charge in [-0.25, -0.2) is 4.98 Å². The van der Waals surface area contributed by atoms with Gasteiger partial charge in [0.1, 0.15) is 16.4 Å². The topological polar surface area (TPSA) is 48.1 Å². The molecule has 0 aliphatic carbocycles. The zero-order valence-corrected chi connectivity index (χ0v) is 12.1. The van der Waals surface area contributed by atoms with Crippen LogP contribution in [0.15, 0.2) is 40.9 Å². The van der Waals surface area contributed by atoms with E-state index in [2.05, 4.69) is 20.9 Å². The molecule has 0 aliphatic rings. The molecule has 92 valence electrons. The quantitative estimate of drug-likeness (QED) is 0.877. The summed E-state index contributed by atoms with van der Waals surface area (Å²) in [6, 6.07) is 11.1. The molecule has 0 amide bonds. The van der Waals surface area contributed by atoms with Crippen LogP contribution in [0, 0.1) is 6.92 Å². The molecule has 2 N–H and O–H groups in total. The molecule has 0 radical (unpaired) electrons. The highest BCUT2D eigenvalue weighted by Crippen LogP contribution is 2.29. The van der Waals surface area contributed by atoms with Gasteiger partial charge in [-0.1, -0.05) is 24.4 Å². The molecule has 2 aromatic rings. The molecule has 0 aliphatic heterocycles. The number of pyridine rings is 1. The van der Waals surface area contributed by atoms with Gasteiger partial charge in [-0.3, -0.25) is 0 Å². The third kappa shape index (κ3) is 3.05. The van der Waals surface area contributed by atoms with Crippen LogP contribution in [0.1, 0.15) is 11.3 Å². The normalized spacial score (nSPS) is 10.1. The summed E-state index contributed by atoms with van der Waals surface area (Å²) in [6.45, 7) is 2.01. The van der Waals surface area contributed by atoms with Gasteiger partial charge in [0.25, 0.3) is 0 Å². The summed E-state index contributed by atoms with van der Waals surface area (Å²) in [7, 11) is 0. The number of aromatic nitrogens is 1. The van der Waals surface area contributed by atoms with Gasteiger partial charge in [-0.15, -0.1) is 0 Å². The van der Waals surface area contributed by atoms with Crippen LogP contribution in [-0.2, 0) is 0 Å². The maximum atomic E-state index is 5.68. The molecule has 1 heterocycles. The van der Waals surface area contributed by atoms with Crippen molar-refractivity contribution in [2.24, 2.45) is 5.73 Å². The largest absolute Gasteiger partial charge is 0.438 e. The minimum Gasteiger partial charge on any atom is -0.438 e. The van der Waals surface area contributed by atoms with Crippen LogP contribution in [0.2, 0.25) is 0 Å². The number of rotatable bonds is 3. The molecule has 1 aromatic carbocycles. The Hall–Kier alpha value is -1.46. The third-order valence-corrected chi connectivity index (χ3v) is 3.11. The summed E-state index contributed by atoms with van der Waals surface area (Å²) < 4.78 is 6.56. The monoisotopic (exact) mass is 322 g/mol. The van der Waals surface area contributed by atoms with Gasteiger partial charge < -0.3 is 10.5 Å². The highest BCUT2D eigenvalue weighted by atomic mass is 79.9. The van der Waals surface area contributed by atoms with Gasteiger partial charge in [0, 0.05) is 6.07 Å². The van der Waals surface area contributed by atoms with E-state index in [1.54, 1.807) is 18.2 Å². The Morgan fingerprint density at radius 2 is 2.11 bits per heavy atom. The number of hydrogen-bond acceptors (Lipinski definition) is 3. The van der Waals surface area contributed by atoms with Crippen molar-refractivity contribution >= 4 is 33.1 Å². The minimum absolute atomic E-state index is 0.253. The average Bonchev–Trinajstić information content (AvgIpc) is 2.33. The Labute approximate surface area is 119 Å². The molecule has 0 saturated carbocycles. The van der Waals surface area contributed by atoms with Gasteiger partial charge in [-0.2, -0.15) is 0 Å². The average molecular weight is 323 g/mol. The number of nitrogens with zero attached hydrogens (tertiary/aromatic N) is 1. The molecule has 0 unspecified atom stereocenters. The zero-order chi connectivity index (χ0) is 13.1. The lowest BCUT2D eigenvalue weighted by atomic mass is 10.2. The van der Waals surface area contributed by atoms with Crippen LogP contribution < -0.4 is 10.5 Å². The Bertz CT molecular complexity index is 601. The van der Waals surface area contributed by atoms with Crippen molar-refractivity contribution in [1.82, 2.24) is 4.98 Å². The molecule has 18 heavy (non-hydrogen) atoms. The third-order valence-electron chi connectivity index (χ3n) is 2.28. The predicted molar refractivity (Wildman–Crippen MR) is 79.1 cm³/mol. The first-order chi connectivity index (χ1) is 8.56. The lowest BCUT2D eigenvalue weighted by molar-refractivity contribution is 0.459. The molecular weight excluding hydrogens is 312 g/mol. The van der Waals surface area contributed by atoms with Crippen molar-refractivity contribution in [1.29, 1.82) is 0 Å². The number of thiocarbonyl (C=S) groups is 1. The maximum Gasteiger partial charge on any atom is 0.219 e. The van der Waals surface area contributed by atoms with Crippen molar-refractivity contribution < 1.29 is 4.74 Å². The van der Waals surface area contributed by atoms with E-state index in [9.17, 15) is 0 Å². The summed E-state index contributed by atoms with van der Waals surface area (Å²) in [4.78, 5) is 4.47. The van der Waals surface area contributed by atoms with Gasteiger partial charge in [0.05, 0.1) is 4.47 Å². The first-order valence-electron chi connectivity index (χ1n) is 5.27. The molecule has 5 heteroatoms. The zero-order valence-electron chi connectivity index (χ0n) is 9.68. The molecule has 0 bridgehead atoms. The van der Waals surface area contributed by atoms with E-state index in [0.29, 0.717) is 17.3 Å². The number of benzene rings is 1. The molecule has 0 saturated heterocycles. The maximum absolute atomic E-state index is 5.68. The lowest BCUT2D eigenvalue weighted by Crippen LogP contribution is -2.11. The fourth-order valence-electron chi connectivity index (χ4n) is 1.41. The van der Waals surface area contributed by atoms with Crippen molar-refractivity contribution in [2.75, 3.05) is 0 Å². The Kier molecular flexibility index (Phi) is 3.93. The van der Waals surface area contributed by atoms with Crippen molar-refractivity contribution in [2.45, 2.75) is 6.92 Å². The number of ether oxygens (including phenoxy) is 1. The first-order valence-corrected chi connectivity index (χ1v) is 6.47. The van der Waals surface area contributed by atoms with Gasteiger partial charge in [-0.05, 0) is 46.6 Å². The van der Waals surface area contributed by atoms with E-state index in [-0.39, 0.29) is 4.99 Å². The second-order valence-electron chi connectivity index (χ2n) is 3.76. The van der Waals surface area contributed by atoms with Gasteiger partial charge in [0.15, 0.2) is 0 Å². The van der Waals surface area contributed by atoms with Crippen LogP contribution in [0.4, 0.5) is 0 Å². The second kappa shape index (κ2) is 5.46. The molecule has 1 aromatic heterocycles. The Morgan fingerprint density at radius 1 is 1.33 bits per heavy atom. The number of hydrogen-bond donors (Lipinski definition) is 1. The van der Waals surface area contributed by atoms with Crippen LogP contribution in [0.5, 0.6) is 11.6 Å². The van der Waals surface area contributed by atoms with E-state index in [1.165, 1.54) is 0 Å². The predicted octanol–water partition coefficient (Wildman–Crippen LogP) is 3.58. The van der Waals surface area contributed by atoms with Crippen LogP contribution in [-0.4, -0.2) is 9.97 Å². The molecule has 0 spiro atoms. The lowest BCUT2D eigenvalue weighted by Gasteiger charge is -2.08. The van der Waals surface area contributed by atoms with Gasteiger partial charge in [0.2, 0.25) is 5.88 Å². The fourth-order valence-corrected chi connectivity index (χ4v) is 2.10. The number of halogens is 1. The van der Waals surface area contributed by atoms with Gasteiger partial charge >= 0.3 is 0 Å². The molecule has 3 nitrogen and oxygen atoms in total. The fraction of sp³-hybridized carbons (Fsp3) is 0.0769. The van der Waals surface area contributed by atoms with Crippen molar-refractivity contribution in [3.8, 4) is 11.6 Å². The number of aryl methyl sites for hydroxylation is 1. The minimum atomic E-state index is 0.253. The van der Waals surface area contributed by atoms with E-state index in [0.717, 1.165) is 10.0 Å². The summed E-state index contributed by atoms with van der Waals surface area (Å²) in [6.07, 6.45) is 0. The Balaban J connectivity index is 2.28. The van der Waals surface area contributed by atoms with Crippen molar-refractivity contribution in [3.05, 3.63) is 52.1 Å². The first kappa shape index (κ1) is 13.0. The van der Waals surface area contributed by atoms with E-state index in [1.807, 2.05) is 25.1 Å². The standard InChI is InChI=1S/C13H11BrN2OS/c1-8-5-6-11(9(14)7-8)17-12-4-2-3-10(16-12)13(15)18/h2-7H,1H3,(H2,15,18). The summed E-state index contributed by atoms with van der Waals surface area (Å²) in [5, 5.41) is 0. The molecule has 0 fully saturated rings. The van der Waals surface area contributed by atoms with E-state index < -0.39 is 0 Å². The Morgan fingerprint density at radius 3 is 2.78 bits per heavy atom. The molecule has 2 rings (SSSR count). The van der Waals surface area contributed by atoms with E-state index >= 15 is 0 Å². The van der Waals surface area contributed by atoms with Crippen LogP contribution in [0.3, 0.4) is 0 Å². The molecule has 0 atom stereocenters.